The van der Waals surface area contributed by atoms with Crippen LogP contribution in [-0.4, -0.2) is 50.7 Å². The minimum absolute atomic E-state index is 0. The molecule has 1 aromatic heterocycles. The van der Waals surface area contributed by atoms with E-state index in [0.717, 1.165) is 29.9 Å². The molecule has 3 rings (SSSR count). The summed E-state index contributed by atoms with van der Waals surface area (Å²) < 4.78 is 1.71. The molecule has 1 aliphatic heterocycles. The number of carbonyl (C=O) groups excluding carboxylic acids is 1. The molecule has 2 heterocycles. The number of aromatic nitrogens is 3. The summed E-state index contributed by atoms with van der Waals surface area (Å²) in [6.45, 7) is 7.77. The van der Waals surface area contributed by atoms with Gasteiger partial charge in [0.05, 0.1) is 5.69 Å². The van der Waals surface area contributed by atoms with E-state index in [1.165, 1.54) is 6.33 Å². The molecule has 7 heteroatoms. The van der Waals surface area contributed by atoms with Gasteiger partial charge in [-0.3, -0.25) is 4.79 Å². The van der Waals surface area contributed by atoms with Gasteiger partial charge in [-0.15, -0.1) is 12.4 Å². The molecule has 1 aliphatic rings. The first-order valence-corrected chi connectivity index (χ1v) is 7.58. The van der Waals surface area contributed by atoms with E-state index in [-0.39, 0.29) is 24.4 Å². The molecule has 0 aliphatic carbocycles. The number of piperazine rings is 1. The van der Waals surface area contributed by atoms with E-state index in [1.54, 1.807) is 11.0 Å². The molecule has 2 unspecified atom stereocenters. The van der Waals surface area contributed by atoms with Crippen molar-refractivity contribution in [2.75, 3.05) is 13.1 Å². The quantitative estimate of drug-likeness (QED) is 0.909. The van der Waals surface area contributed by atoms with Crippen LogP contribution in [0.5, 0.6) is 0 Å². The predicted molar refractivity (Wildman–Crippen MR) is 91.3 cm³/mol. The number of benzene rings is 1. The third-order valence-electron chi connectivity index (χ3n) is 4.40. The lowest BCUT2D eigenvalue weighted by molar-refractivity contribution is 0.0603. The first-order chi connectivity index (χ1) is 10.6. The van der Waals surface area contributed by atoms with E-state index in [0.29, 0.717) is 6.04 Å². The Morgan fingerprint density at radius 3 is 2.78 bits per heavy atom. The Morgan fingerprint density at radius 2 is 2.13 bits per heavy atom. The Balaban J connectivity index is 0.00000192. The van der Waals surface area contributed by atoms with Crippen LogP contribution < -0.4 is 5.32 Å². The first kappa shape index (κ1) is 17.4. The van der Waals surface area contributed by atoms with Crippen molar-refractivity contribution in [3.63, 3.8) is 0 Å². The second kappa shape index (κ2) is 7.10. The van der Waals surface area contributed by atoms with Crippen molar-refractivity contribution in [3.05, 3.63) is 42.0 Å². The summed E-state index contributed by atoms with van der Waals surface area (Å²) in [7, 11) is 0. The van der Waals surface area contributed by atoms with Crippen molar-refractivity contribution >= 4 is 18.3 Å². The minimum atomic E-state index is 0. The Labute approximate surface area is 142 Å². The van der Waals surface area contributed by atoms with Gasteiger partial charge in [0.25, 0.3) is 5.91 Å². The smallest absolute Gasteiger partial charge is 0.254 e. The average Bonchev–Trinajstić information content (AvgIpc) is 3.03. The normalized spacial score (nSPS) is 20.9. The van der Waals surface area contributed by atoms with Gasteiger partial charge in [0.2, 0.25) is 0 Å². The molecule has 1 saturated heterocycles. The van der Waals surface area contributed by atoms with Crippen LogP contribution in [0.25, 0.3) is 5.69 Å². The molecule has 23 heavy (non-hydrogen) atoms. The number of hydrogen-bond acceptors (Lipinski definition) is 4. The van der Waals surface area contributed by atoms with Crippen molar-refractivity contribution < 1.29 is 4.79 Å². The van der Waals surface area contributed by atoms with Crippen LogP contribution in [0.2, 0.25) is 0 Å². The molecule has 2 atom stereocenters. The van der Waals surface area contributed by atoms with Gasteiger partial charge in [-0.25, -0.2) is 9.67 Å². The van der Waals surface area contributed by atoms with Crippen LogP contribution in [0.4, 0.5) is 0 Å². The summed E-state index contributed by atoms with van der Waals surface area (Å²) in [5.74, 6) is 0.0918. The van der Waals surface area contributed by atoms with Crippen molar-refractivity contribution in [1.82, 2.24) is 25.0 Å². The minimum Gasteiger partial charge on any atom is -0.333 e. The van der Waals surface area contributed by atoms with Crippen molar-refractivity contribution in [3.8, 4) is 5.69 Å². The molecule has 0 bridgehead atoms. The second-order valence-corrected chi connectivity index (χ2v) is 5.82. The third-order valence-corrected chi connectivity index (χ3v) is 4.40. The topological polar surface area (TPSA) is 63.1 Å². The Bertz CT molecular complexity index is 673. The van der Waals surface area contributed by atoms with E-state index >= 15 is 0 Å². The fourth-order valence-corrected chi connectivity index (χ4v) is 2.89. The summed E-state index contributed by atoms with van der Waals surface area (Å²) in [5.41, 5.74) is 2.67. The highest BCUT2D eigenvalue weighted by atomic mass is 35.5. The number of aryl methyl sites for hydroxylation is 1. The van der Waals surface area contributed by atoms with Gasteiger partial charge >= 0.3 is 0 Å². The number of rotatable bonds is 2. The lowest BCUT2D eigenvalue weighted by atomic mass is 10.0. The van der Waals surface area contributed by atoms with Crippen LogP contribution in [-0.2, 0) is 0 Å². The standard InChI is InChI=1S/C16H21N5O.ClH/c1-11-8-14(4-5-15(11)21-10-17-9-19-21)16(22)20-7-6-18-12(2)13(20)3;/h4-5,8-10,12-13,18H,6-7H2,1-3H3;1H. The molecule has 124 valence electrons. The number of carbonyl (C=O) groups is 1. The number of nitrogens with zero attached hydrogens (tertiary/aromatic N) is 4. The zero-order valence-electron chi connectivity index (χ0n) is 13.6. The maximum absolute atomic E-state index is 12.8. The van der Waals surface area contributed by atoms with Crippen LogP contribution in [0.1, 0.15) is 29.8 Å². The average molecular weight is 336 g/mol. The molecule has 0 spiro atoms. The zero-order valence-corrected chi connectivity index (χ0v) is 14.4. The highest BCUT2D eigenvalue weighted by Crippen LogP contribution is 2.18. The molecule has 6 nitrogen and oxygen atoms in total. The summed E-state index contributed by atoms with van der Waals surface area (Å²) in [6.07, 6.45) is 3.16. The van der Waals surface area contributed by atoms with E-state index in [1.807, 2.05) is 30.0 Å². The van der Waals surface area contributed by atoms with E-state index < -0.39 is 0 Å². The molecule has 2 aromatic rings. The molecule has 1 fully saturated rings. The molecule has 1 amide bonds. The van der Waals surface area contributed by atoms with Gasteiger partial charge in [0.15, 0.2) is 0 Å². The van der Waals surface area contributed by atoms with Crippen LogP contribution in [0.15, 0.2) is 30.9 Å². The Morgan fingerprint density at radius 1 is 1.35 bits per heavy atom. The molecular formula is C16H22ClN5O. The molecule has 0 saturated carbocycles. The monoisotopic (exact) mass is 335 g/mol. The van der Waals surface area contributed by atoms with E-state index in [2.05, 4.69) is 29.2 Å². The lowest BCUT2D eigenvalue weighted by Gasteiger charge is -2.38. The van der Waals surface area contributed by atoms with Gasteiger partial charge in [-0.2, -0.15) is 5.10 Å². The van der Waals surface area contributed by atoms with Gasteiger partial charge in [-0.1, -0.05) is 0 Å². The number of nitrogens with one attached hydrogen (secondary N) is 1. The molecule has 1 N–H and O–H groups in total. The fraction of sp³-hybridized carbons (Fsp3) is 0.438. The first-order valence-electron chi connectivity index (χ1n) is 7.58. The lowest BCUT2D eigenvalue weighted by Crippen LogP contribution is -2.57. The summed E-state index contributed by atoms with van der Waals surface area (Å²) in [5, 5.41) is 7.53. The van der Waals surface area contributed by atoms with Gasteiger partial charge < -0.3 is 10.2 Å². The highest BCUT2D eigenvalue weighted by molar-refractivity contribution is 5.95. The fourth-order valence-electron chi connectivity index (χ4n) is 2.89. The summed E-state index contributed by atoms with van der Waals surface area (Å²) >= 11 is 0. The Kier molecular flexibility index (Phi) is 5.38. The van der Waals surface area contributed by atoms with Crippen molar-refractivity contribution in [2.24, 2.45) is 0 Å². The van der Waals surface area contributed by atoms with Crippen LogP contribution in [0.3, 0.4) is 0 Å². The summed E-state index contributed by atoms with van der Waals surface area (Å²) in [4.78, 5) is 18.7. The molecule has 1 aromatic carbocycles. The largest absolute Gasteiger partial charge is 0.333 e. The molecule has 0 radical (unpaired) electrons. The number of amides is 1. The maximum atomic E-state index is 12.8. The van der Waals surface area contributed by atoms with Crippen molar-refractivity contribution in [1.29, 1.82) is 0 Å². The second-order valence-electron chi connectivity index (χ2n) is 5.82. The number of halogens is 1. The summed E-state index contributed by atoms with van der Waals surface area (Å²) in [6, 6.07) is 6.22. The van der Waals surface area contributed by atoms with Crippen LogP contribution >= 0.6 is 12.4 Å². The van der Waals surface area contributed by atoms with E-state index in [9.17, 15) is 4.79 Å². The Hall–Kier alpha value is -1.92. The van der Waals surface area contributed by atoms with Crippen LogP contribution in [0, 0.1) is 6.92 Å². The zero-order chi connectivity index (χ0) is 15.7. The molecular weight excluding hydrogens is 314 g/mol. The van der Waals surface area contributed by atoms with Gasteiger partial charge in [-0.05, 0) is 44.5 Å². The van der Waals surface area contributed by atoms with Gasteiger partial charge in [0.1, 0.15) is 12.7 Å². The highest BCUT2D eigenvalue weighted by Gasteiger charge is 2.28. The van der Waals surface area contributed by atoms with Gasteiger partial charge in [0, 0.05) is 30.7 Å². The predicted octanol–water partition coefficient (Wildman–Crippen LogP) is 1.82. The third kappa shape index (κ3) is 3.38. The van der Waals surface area contributed by atoms with E-state index in [4.69, 9.17) is 0 Å². The SMILES string of the molecule is Cc1cc(C(=O)N2CCNC(C)C2C)ccc1-n1cncn1.Cl. The van der Waals surface area contributed by atoms with Crippen molar-refractivity contribution in [2.45, 2.75) is 32.9 Å². The number of hydrogen-bond donors (Lipinski definition) is 1. The maximum Gasteiger partial charge on any atom is 0.254 e.